The topological polar surface area (TPSA) is 18.5 Å². The maximum absolute atomic E-state index is 6.85. The van der Waals surface area contributed by atoms with E-state index in [1.807, 2.05) is 23.2 Å². The van der Waals surface area contributed by atoms with E-state index >= 15 is 0 Å². The molecule has 4 aliphatic rings. The second-order valence-corrected chi connectivity index (χ2v) is 13.2. The highest BCUT2D eigenvalue weighted by Crippen LogP contribution is 2.49. The number of hydrogen-bond donors (Lipinski definition) is 0. The molecule has 0 spiro atoms. The van der Waals surface area contributed by atoms with E-state index in [0.717, 1.165) is 23.0 Å². The van der Waals surface area contributed by atoms with Crippen molar-refractivity contribution in [1.29, 1.82) is 0 Å². The number of fused-ring (bicyclic) bond motifs is 8. The summed E-state index contributed by atoms with van der Waals surface area (Å²) in [6.45, 7) is 4.51. The molecule has 0 unspecified atom stereocenters. The number of rotatable bonds is 1. The van der Waals surface area contributed by atoms with Gasteiger partial charge in [0.2, 0.25) is 0 Å². The van der Waals surface area contributed by atoms with E-state index in [9.17, 15) is 0 Å². The minimum absolute atomic E-state index is 0.176. The zero-order valence-electron chi connectivity index (χ0n) is 21.5. The molecule has 9 rings (SSSR count). The lowest BCUT2D eigenvalue weighted by Crippen LogP contribution is -2.52. The average Bonchev–Trinajstić information content (AvgIpc) is 2.96. The molecule has 0 saturated carbocycles. The first-order chi connectivity index (χ1) is 19.2. The van der Waals surface area contributed by atoms with Crippen LogP contribution in [0.3, 0.4) is 0 Å². The van der Waals surface area contributed by atoms with Gasteiger partial charge in [0.1, 0.15) is 23.0 Å². The largest absolute Gasteiger partial charge is 0.458 e. The molecule has 0 atom stereocenters. The average molecular weight is 536 g/mol. The molecule has 5 aromatic carbocycles. The molecule has 4 heterocycles. The molecular formula is C33H22B2O2S2. The van der Waals surface area contributed by atoms with Gasteiger partial charge in [-0.1, -0.05) is 80.6 Å². The number of ether oxygens (including phenoxy) is 2. The molecule has 0 radical (unpaired) electrons. The summed E-state index contributed by atoms with van der Waals surface area (Å²) >= 11 is 3.90. The summed E-state index contributed by atoms with van der Waals surface area (Å²) in [5.41, 5.74) is 11.5. The first kappa shape index (κ1) is 22.4. The fraction of sp³-hybridized carbons (Fsp3) is 0.0909. The van der Waals surface area contributed by atoms with E-state index in [1.54, 1.807) is 0 Å². The Labute approximate surface area is 237 Å². The van der Waals surface area contributed by atoms with Crippen LogP contribution in [-0.2, 0) is 0 Å². The van der Waals surface area contributed by atoms with Crippen LogP contribution in [0.1, 0.15) is 25.3 Å². The van der Waals surface area contributed by atoms with E-state index in [0.29, 0.717) is 0 Å². The van der Waals surface area contributed by atoms with Crippen molar-refractivity contribution >= 4 is 57.1 Å². The van der Waals surface area contributed by atoms with Gasteiger partial charge >= 0.3 is 0 Å². The Hall–Kier alpha value is -3.47. The third kappa shape index (κ3) is 2.99. The summed E-state index contributed by atoms with van der Waals surface area (Å²) in [6, 6.07) is 33.0. The Morgan fingerprint density at radius 1 is 0.564 bits per heavy atom. The molecule has 0 fully saturated rings. The molecule has 5 aromatic rings. The zero-order chi connectivity index (χ0) is 25.8. The van der Waals surface area contributed by atoms with Gasteiger partial charge in [-0.25, -0.2) is 0 Å². The summed E-state index contributed by atoms with van der Waals surface area (Å²) in [6.07, 6.45) is 0. The van der Waals surface area contributed by atoms with Crippen molar-refractivity contribution in [2.24, 2.45) is 0 Å². The Balaban J connectivity index is 1.31. The van der Waals surface area contributed by atoms with Gasteiger partial charge in [0.05, 0.1) is 0 Å². The van der Waals surface area contributed by atoms with E-state index in [4.69, 9.17) is 9.47 Å². The second kappa shape index (κ2) is 8.03. The van der Waals surface area contributed by atoms with Gasteiger partial charge in [0, 0.05) is 15.4 Å². The third-order valence-electron chi connectivity index (χ3n) is 8.39. The standard InChI is InChI=1S/C33H22B2O2S2/c1-18(2)29-32-23(34-30-21(11-7-13-25(30)36-32)19-9-3-5-15-27(19)38-34)17-24-33(29)37-26-14-8-12-22-20-10-4-6-16-28(20)39-35(24)31(22)26/h3-18H,1-2H3. The zero-order valence-corrected chi connectivity index (χ0v) is 23.2. The SMILES string of the molecule is CC(C)c1c2c(cc3c1Oc1cccc4c1B3Sc1ccccc1-4)B1Sc3ccccc3-c3cccc(c31)O2. The van der Waals surface area contributed by atoms with Crippen LogP contribution in [0, 0.1) is 0 Å². The molecule has 4 aliphatic heterocycles. The van der Waals surface area contributed by atoms with Crippen molar-refractivity contribution in [3.63, 3.8) is 0 Å². The molecule has 0 saturated heterocycles. The lowest BCUT2D eigenvalue weighted by Gasteiger charge is -2.38. The lowest BCUT2D eigenvalue weighted by molar-refractivity contribution is 0.450. The van der Waals surface area contributed by atoms with Gasteiger partial charge in [0.15, 0.2) is 0 Å². The molecule has 0 aliphatic carbocycles. The van der Waals surface area contributed by atoms with E-state index in [-0.39, 0.29) is 17.9 Å². The van der Waals surface area contributed by atoms with Crippen molar-refractivity contribution in [2.75, 3.05) is 0 Å². The van der Waals surface area contributed by atoms with Crippen LogP contribution in [0.2, 0.25) is 0 Å². The van der Waals surface area contributed by atoms with E-state index in [2.05, 4.69) is 105 Å². The van der Waals surface area contributed by atoms with Crippen LogP contribution in [0.15, 0.2) is 101 Å². The highest BCUT2D eigenvalue weighted by Gasteiger charge is 2.45. The van der Waals surface area contributed by atoms with E-state index in [1.165, 1.54) is 59.5 Å². The van der Waals surface area contributed by atoms with Crippen molar-refractivity contribution in [3.05, 3.63) is 96.6 Å². The van der Waals surface area contributed by atoms with Gasteiger partial charge in [-0.15, -0.1) is 0 Å². The molecular weight excluding hydrogens is 514 g/mol. The molecule has 2 nitrogen and oxygen atoms in total. The normalized spacial score (nSPS) is 14.7. The van der Waals surface area contributed by atoms with Crippen LogP contribution in [0.5, 0.6) is 23.0 Å². The lowest BCUT2D eigenvalue weighted by atomic mass is 9.52. The highest BCUT2D eigenvalue weighted by atomic mass is 32.2. The quantitative estimate of drug-likeness (QED) is 0.220. The summed E-state index contributed by atoms with van der Waals surface area (Å²) in [5, 5.41) is 0. The van der Waals surface area contributed by atoms with Crippen molar-refractivity contribution < 1.29 is 9.47 Å². The van der Waals surface area contributed by atoms with Gasteiger partial charge in [-0.2, -0.15) is 23.2 Å². The molecule has 6 heteroatoms. The van der Waals surface area contributed by atoms with Crippen LogP contribution in [0.25, 0.3) is 22.3 Å². The smallest absolute Gasteiger partial charge is 0.289 e. The summed E-state index contributed by atoms with van der Waals surface area (Å²) in [7, 11) is 0. The molecule has 0 amide bonds. The Morgan fingerprint density at radius 2 is 1.03 bits per heavy atom. The third-order valence-corrected chi connectivity index (χ3v) is 11.1. The fourth-order valence-electron chi connectivity index (χ4n) is 6.74. The highest BCUT2D eigenvalue weighted by molar-refractivity contribution is 8.28. The molecule has 0 aromatic heterocycles. The van der Waals surface area contributed by atoms with Crippen LogP contribution in [-0.4, -0.2) is 12.0 Å². The Morgan fingerprint density at radius 3 is 1.51 bits per heavy atom. The molecule has 39 heavy (non-hydrogen) atoms. The fourth-order valence-corrected chi connectivity index (χ4v) is 9.50. The number of benzene rings is 5. The molecule has 0 bridgehead atoms. The molecule has 0 N–H and O–H groups in total. The maximum Gasteiger partial charge on any atom is 0.289 e. The van der Waals surface area contributed by atoms with E-state index < -0.39 is 0 Å². The Kier molecular flexibility index (Phi) is 4.60. The monoisotopic (exact) mass is 536 g/mol. The number of hydrogen-bond acceptors (Lipinski definition) is 4. The van der Waals surface area contributed by atoms with Crippen molar-refractivity contribution in [1.82, 2.24) is 0 Å². The minimum Gasteiger partial charge on any atom is -0.458 e. The van der Waals surface area contributed by atoms with Gasteiger partial charge < -0.3 is 9.47 Å². The summed E-state index contributed by atoms with van der Waals surface area (Å²) in [5.74, 6) is 4.48. The maximum atomic E-state index is 6.85. The summed E-state index contributed by atoms with van der Waals surface area (Å²) < 4.78 is 13.7. The van der Waals surface area contributed by atoms with Crippen LogP contribution < -0.4 is 31.3 Å². The molecule has 184 valence electrons. The predicted molar refractivity (Wildman–Crippen MR) is 166 cm³/mol. The predicted octanol–water partition coefficient (Wildman–Crippen LogP) is 6.78. The summed E-state index contributed by atoms with van der Waals surface area (Å²) in [4.78, 5) is 2.65. The van der Waals surface area contributed by atoms with Crippen LogP contribution >= 0.6 is 23.2 Å². The first-order valence-electron chi connectivity index (χ1n) is 13.5. The van der Waals surface area contributed by atoms with Gasteiger partial charge in [-0.3, -0.25) is 0 Å². The second-order valence-electron chi connectivity index (χ2n) is 10.9. The van der Waals surface area contributed by atoms with Crippen LogP contribution in [0.4, 0.5) is 0 Å². The van der Waals surface area contributed by atoms with Gasteiger partial charge in [-0.05, 0) is 74.3 Å². The van der Waals surface area contributed by atoms with Crippen molar-refractivity contribution in [3.8, 4) is 45.3 Å². The Bertz CT molecular complexity index is 1750. The van der Waals surface area contributed by atoms with Crippen molar-refractivity contribution in [2.45, 2.75) is 29.6 Å². The minimum atomic E-state index is 0.176. The van der Waals surface area contributed by atoms with Gasteiger partial charge in [0.25, 0.3) is 12.0 Å². The first-order valence-corrected chi connectivity index (χ1v) is 15.3.